The molecule has 9 N–H and O–H groups in total. The maximum Gasteiger partial charge on any atom is 0.326 e. The van der Waals surface area contributed by atoms with Gasteiger partial charge in [-0.2, -0.15) is 0 Å². The minimum atomic E-state index is -1.45. The second-order valence-corrected chi connectivity index (χ2v) is 12.9. The van der Waals surface area contributed by atoms with Gasteiger partial charge in [0.25, 0.3) is 6.47 Å². The summed E-state index contributed by atoms with van der Waals surface area (Å²) in [5, 5.41) is 29.4. The number of carbonyl (C=O) groups is 6. The second-order valence-electron chi connectivity index (χ2n) is 11.6. The number of carboxylic acids is 2. The number of halogens is 1. The van der Waals surface area contributed by atoms with E-state index in [4.69, 9.17) is 11.3 Å². The number of ether oxygens (including phenoxy) is 1. The number of carbonyl (C=O) groups excluding carboxylic acids is 4. The van der Waals surface area contributed by atoms with Gasteiger partial charge in [-0.25, -0.2) is 9.59 Å². The molecule has 0 aliphatic heterocycles. The van der Waals surface area contributed by atoms with E-state index >= 15 is 0 Å². The highest BCUT2D eigenvalue weighted by molar-refractivity contribution is 14.1. The Morgan fingerprint density at radius 1 is 1.06 bits per heavy atom. The van der Waals surface area contributed by atoms with E-state index in [0.29, 0.717) is 38.1 Å². The molecule has 1 heterocycles. The Kier molecular flexibility index (Phi) is 14.5. The summed E-state index contributed by atoms with van der Waals surface area (Å²) >= 11 is 2.22. The zero-order chi connectivity index (χ0) is 35.1. The van der Waals surface area contributed by atoms with Gasteiger partial charge >= 0.3 is 18.0 Å². The Morgan fingerprint density at radius 3 is 2.51 bits per heavy atom. The standard InChI is InChI=1S/C31H43IN6O9/c32-21-8-9-23-22(14-21)20(16-35-23)13-25(36-28(42)19-6-4-18(15-33)5-7-19)29(43)34-12-2-1-3-26(47-17-39)38-31(46)37-24(30(44)45)10-11-27(40)41/h8-9,14,16-19,24-26,35H,1-7,10-13,15,33H2,(H,34,43)(H,36,42)(H,40,41)(H,44,45)(H2,37,38,46)/t18?,19?,24-,25+,26+/m0/s1/i/hD. The zero-order valence-corrected chi connectivity index (χ0v) is 28.0. The lowest BCUT2D eigenvalue weighted by molar-refractivity contribution is -0.141. The lowest BCUT2D eigenvalue weighted by Crippen LogP contribution is -2.50. The van der Waals surface area contributed by atoms with Crippen LogP contribution in [0.2, 0.25) is 1.41 Å². The van der Waals surface area contributed by atoms with Gasteiger partial charge in [0.2, 0.25) is 11.8 Å². The van der Waals surface area contributed by atoms with Crippen LogP contribution in [0.1, 0.15) is 63.4 Å². The predicted octanol–water partition coefficient (Wildman–Crippen LogP) is 1.97. The molecular weight excluding hydrogens is 727 g/mol. The molecule has 0 radical (unpaired) electrons. The number of amides is 4. The highest BCUT2D eigenvalue weighted by Gasteiger charge is 2.30. The molecule has 3 atom stereocenters. The molecule has 0 saturated heterocycles. The number of nitrogens with two attached hydrogens (primary N) is 1. The first-order chi connectivity index (χ1) is 23.0. The lowest BCUT2D eigenvalue weighted by Gasteiger charge is -2.28. The largest absolute Gasteiger partial charge is 0.481 e. The number of aromatic amines is 1. The van der Waals surface area contributed by atoms with E-state index < -0.39 is 42.7 Å². The van der Waals surface area contributed by atoms with Crippen LogP contribution >= 0.6 is 22.6 Å². The van der Waals surface area contributed by atoms with Crippen molar-refractivity contribution in [1.82, 2.24) is 26.3 Å². The highest BCUT2D eigenvalue weighted by Crippen LogP contribution is 2.28. The third-order valence-corrected chi connectivity index (χ3v) is 8.92. The van der Waals surface area contributed by atoms with Crippen LogP contribution in [-0.2, 0) is 35.1 Å². The molecule has 1 saturated carbocycles. The van der Waals surface area contributed by atoms with Crippen molar-refractivity contribution in [3.8, 4) is 0 Å². The normalized spacial score (nSPS) is 18.2. The number of urea groups is 1. The van der Waals surface area contributed by atoms with Crippen LogP contribution in [0.15, 0.2) is 24.4 Å². The molecule has 4 amide bonds. The van der Waals surface area contributed by atoms with Crippen molar-refractivity contribution in [2.75, 3.05) is 13.1 Å². The van der Waals surface area contributed by atoms with Gasteiger partial charge in [-0.05, 0) is 104 Å². The summed E-state index contributed by atoms with van der Waals surface area (Å²) in [7, 11) is 0. The number of hydrogen-bond donors (Lipinski definition) is 8. The molecule has 1 fully saturated rings. The van der Waals surface area contributed by atoms with E-state index in [0.717, 1.165) is 32.9 Å². The van der Waals surface area contributed by atoms with Crippen LogP contribution in [0.5, 0.6) is 0 Å². The van der Waals surface area contributed by atoms with Crippen molar-refractivity contribution >= 4 is 69.8 Å². The predicted molar refractivity (Wildman–Crippen MR) is 179 cm³/mol. The first-order valence-corrected chi connectivity index (χ1v) is 16.7. The number of aromatic nitrogens is 1. The molecule has 1 aliphatic rings. The van der Waals surface area contributed by atoms with Gasteiger partial charge in [-0.15, -0.1) is 0 Å². The maximum atomic E-state index is 13.4. The van der Waals surface area contributed by atoms with Crippen LogP contribution in [0.25, 0.3) is 10.9 Å². The van der Waals surface area contributed by atoms with Crippen LogP contribution in [0.4, 0.5) is 4.79 Å². The number of aliphatic carboxylic acids is 2. The van der Waals surface area contributed by atoms with Gasteiger partial charge in [0.05, 0.1) is 0 Å². The summed E-state index contributed by atoms with van der Waals surface area (Å²) in [6.45, 7) is 0.964. The SMILES string of the molecule is [2H]NCC1CCC(C(=O)N[C@H](Cc2c[nH]c3ccc(I)cc23)C(=O)NCCCC[C@H](NC(=O)N[C@@H](CCC(=O)O)C(=O)O)OC=O)CC1. The van der Waals surface area contributed by atoms with Crippen LogP contribution < -0.4 is 27.0 Å². The summed E-state index contributed by atoms with van der Waals surface area (Å²) in [5.41, 5.74) is 4.26. The minimum absolute atomic E-state index is 0.142. The number of H-pyrrole nitrogens is 1. The molecule has 3 rings (SSSR count). The van der Waals surface area contributed by atoms with Gasteiger partial charge in [-0.1, -0.05) is 0 Å². The van der Waals surface area contributed by atoms with Crippen molar-refractivity contribution in [1.29, 1.82) is 0 Å². The number of rotatable bonds is 20. The van der Waals surface area contributed by atoms with Crippen LogP contribution in [0, 0.1) is 15.4 Å². The molecule has 1 aliphatic carbocycles. The quantitative estimate of drug-likeness (QED) is 0.0421. The van der Waals surface area contributed by atoms with Gasteiger partial charge in [0, 0.05) is 52.4 Å². The Bertz CT molecular complexity index is 1420. The Balaban J connectivity index is 1.55. The average Bonchev–Trinajstić information content (AvgIpc) is 3.44. The molecule has 47 heavy (non-hydrogen) atoms. The molecule has 0 spiro atoms. The van der Waals surface area contributed by atoms with E-state index in [1.54, 1.807) is 0 Å². The molecule has 0 unspecified atom stereocenters. The molecule has 1 aromatic heterocycles. The molecule has 258 valence electrons. The van der Waals surface area contributed by atoms with Gasteiger partial charge in [-0.3, -0.25) is 19.2 Å². The van der Waals surface area contributed by atoms with Gasteiger partial charge < -0.3 is 46.9 Å². The Hall–Kier alpha value is -3.93. The lowest BCUT2D eigenvalue weighted by atomic mass is 9.81. The molecule has 15 nitrogen and oxygen atoms in total. The van der Waals surface area contributed by atoms with E-state index in [2.05, 4.69) is 54.6 Å². The minimum Gasteiger partial charge on any atom is -0.481 e. The molecule has 16 heteroatoms. The van der Waals surface area contributed by atoms with E-state index in [1.165, 1.54) is 0 Å². The molecule has 0 bridgehead atoms. The summed E-state index contributed by atoms with van der Waals surface area (Å²) in [5.74, 6) is -3.01. The third-order valence-electron chi connectivity index (χ3n) is 8.25. The zero-order valence-electron chi connectivity index (χ0n) is 26.9. The first kappa shape index (κ1) is 35.9. The fourth-order valence-corrected chi connectivity index (χ4v) is 6.06. The van der Waals surface area contributed by atoms with Crippen LogP contribution in [-0.4, -0.2) is 82.9 Å². The van der Waals surface area contributed by atoms with Crippen LogP contribution in [0.3, 0.4) is 0 Å². The molecule has 1 aromatic carbocycles. The van der Waals surface area contributed by atoms with E-state index in [1.807, 2.05) is 24.4 Å². The van der Waals surface area contributed by atoms with Gasteiger partial charge in [0.1, 0.15) is 13.5 Å². The van der Waals surface area contributed by atoms with Crippen molar-refractivity contribution in [3.05, 3.63) is 33.5 Å². The number of nitrogens with one attached hydrogen (secondary N) is 5. The Labute approximate surface area is 287 Å². The fourth-order valence-electron chi connectivity index (χ4n) is 5.57. The maximum absolute atomic E-state index is 13.4. The average molecular weight is 772 g/mol. The van der Waals surface area contributed by atoms with Crippen molar-refractivity contribution in [2.45, 2.75) is 82.5 Å². The highest BCUT2D eigenvalue weighted by atomic mass is 127. The topological polar surface area (TPSA) is 242 Å². The molecule has 2 aromatic rings. The fraction of sp³-hybridized carbons (Fsp3) is 0.548. The van der Waals surface area contributed by atoms with Gasteiger partial charge in [0.15, 0.2) is 6.23 Å². The second kappa shape index (κ2) is 19.0. The summed E-state index contributed by atoms with van der Waals surface area (Å²) in [6.07, 6.45) is 4.26. The number of benzene rings is 1. The number of unbranched alkanes of at least 4 members (excludes halogenated alkanes) is 1. The number of fused-ring (bicyclic) bond motifs is 1. The van der Waals surface area contributed by atoms with Crippen molar-refractivity contribution in [2.24, 2.45) is 17.6 Å². The Morgan fingerprint density at radius 2 is 1.83 bits per heavy atom. The number of carboxylic acid groups (broad SMARTS) is 2. The third kappa shape index (κ3) is 12.3. The summed E-state index contributed by atoms with van der Waals surface area (Å²) in [6, 6.07) is 2.73. The molecular formula is C31H43IN6O9. The monoisotopic (exact) mass is 771 g/mol. The first-order valence-electron chi connectivity index (χ1n) is 16.1. The number of hydrogen-bond acceptors (Lipinski definition) is 8. The van der Waals surface area contributed by atoms with Crippen molar-refractivity contribution in [3.63, 3.8) is 0 Å². The van der Waals surface area contributed by atoms with Crippen molar-refractivity contribution < 1.29 is 45.1 Å². The summed E-state index contributed by atoms with van der Waals surface area (Å²) < 4.78 is 13.2. The van der Waals surface area contributed by atoms with E-state index in [-0.39, 0.29) is 50.0 Å². The summed E-state index contributed by atoms with van der Waals surface area (Å²) in [4.78, 5) is 75.3. The smallest absolute Gasteiger partial charge is 0.326 e. The van der Waals surface area contributed by atoms with E-state index in [9.17, 15) is 33.9 Å².